The van der Waals surface area contributed by atoms with E-state index < -0.39 is 0 Å². The normalized spacial score (nSPS) is 11.0. The lowest BCUT2D eigenvalue weighted by atomic mass is 10.1. The highest BCUT2D eigenvalue weighted by Crippen LogP contribution is 2.31. The number of benzene rings is 2. The van der Waals surface area contributed by atoms with E-state index in [0.717, 1.165) is 70.8 Å². The largest absolute Gasteiger partial charge is 0.493 e. The number of halogens is 1. The van der Waals surface area contributed by atoms with Crippen LogP contribution in [0.25, 0.3) is 27.9 Å². The zero-order chi connectivity index (χ0) is 23.2. The summed E-state index contributed by atoms with van der Waals surface area (Å²) in [5.41, 5.74) is 4.19. The van der Waals surface area contributed by atoms with Crippen molar-refractivity contribution in [3.05, 3.63) is 78.6 Å². The van der Waals surface area contributed by atoms with Crippen LogP contribution < -0.4 is 10.1 Å². The van der Waals surface area contributed by atoms with E-state index in [9.17, 15) is 4.39 Å². The van der Waals surface area contributed by atoms with E-state index in [4.69, 9.17) is 9.72 Å². The Bertz CT molecular complexity index is 1250. The molecule has 0 atom stereocenters. The summed E-state index contributed by atoms with van der Waals surface area (Å²) in [6.07, 6.45) is 4.38. The van der Waals surface area contributed by atoms with Crippen LogP contribution in [0.4, 0.5) is 4.39 Å². The first-order valence-corrected chi connectivity index (χ1v) is 11.1. The van der Waals surface area contributed by atoms with E-state index in [2.05, 4.69) is 29.0 Å². The fourth-order valence-corrected chi connectivity index (χ4v) is 3.61. The Kier molecular flexibility index (Phi) is 6.98. The Labute approximate surface area is 193 Å². The number of aromatic nitrogens is 4. The zero-order valence-electron chi connectivity index (χ0n) is 19.0. The summed E-state index contributed by atoms with van der Waals surface area (Å²) in [5, 5.41) is 12.4. The summed E-state index contributed by atoms with van der Waals surface area (Å²) in [5.74, 6) is 1.46. The summed E-state index contributed by atoms with van der Waals surface area (Å²) in [6, 6.07) is 14.3. The predicted molar refractivity (Wildman–Crippen MR) is 129 cm³/mol. The molecule has 0 aliphatic rings. The summed E-state index contributed by atoms with van der Waals surface area (Å²) in [7, 11) is 1.95. The maximum absolute atomic E-state index is 13.4. The molecule has 0 amide bonds. The number of rotatable bonds is 10. The number of fused-ring (bicyclic) bond motifs is 1. The van der Waals surface area contributed by atoms with E-state index in [-0.39, 0.29) is 5.82 Å². The van der Waals surface area contributed by atoms with E-state index in [0.29, 0.717) is 6.61 Å². The van der Waals surface area contributed by atoms with Crippen molar-refractivity contribution >= 4 is 16.6 Å². The highest BCUT2D eigenvalue weighted by molar-refractivity contribution is 5.90. The van der Waals surface area contributed by atoms with Crippen LogP contribution in [0.1, 0.15) is 31.2 Å². The smallest absolute Gasteiger partial charge is 0.132 e. The standard InChI is InChI=1S/C26H28FN5O/c1-4-14-33-25-16-23(19-7-10-21(27)11-8-19)30-24-15-20(9-12-22(24)25)18(2)28-13-5-6-26-31-29-17-32(26)3/h7-12,15-17,28H,2,4-6,13-14H2,1,3H3. The van der Waals surface area contributed by atoms with Crippen LogP contribution in [-0.2, 0) is 13.5 Å². The molecule has 0 unspecified atom stereocenters. The molecule has 0 aliphatic heterocycles. The Morgan fingerprint density at radius 1 is 1.15 bits per heavy atom. The molecule has 2 aromatic heterocycles. The van der Waals surface area contributed by atoms with Crippen LogP contribution >= 0.6 is 0 Å². The van der Waals surface area contributed by atoms with E-state index in [1.54, 1.807) is 18.5 Å². The van der Waals surface area contributed by atoms with Crippen LogP contribution in [0, 0.1) is 5.82 Å². The maximum Gasteiger partial charge on any atom is 0.132 e. The topological polar surface area (TPSA) is 64.9 Å². The summed E-state index contributed by atoms with van der Waals surface area (Å²) in [4.78, 5) is 4.84. The molecular weight excluding hydrogens is 417 g/mol. The van der Waals surface area contributed by atoms with Gasteiger partial charge in [0, 0.05) is 42.7 Å². The summed E-state index contributed by atoms with van der Waals surface area (Å²) >= 11 is 0. The van der Waals surface area contributed by atoms with Gasteiger partial charge in [-0.15, -0.1) is 10.2 Å². The van der Waals surface area contributed by atoms with Gasteiger partial charge in [-0.05, 0) is 54.8 Å². The van der Waals surface area contributed by atoms with Crippen molar-refractivity contribution in [2.24, 2.45) is 7.05 Å². The van der Waals surface area contributed by atoms with Crippen LogP contribution in [0.15, 0.2) is 61.4 Å². The number of nitrogens with one attached hydrogen (secondary N) is 1. The summed E-state index contributed by atoms with van der Waals surface area (Å²) < 4.78 is 21.3. The molecule has 0 fully saturated rings. The van der Waals surface area contributed by atoms with Crippen molar-refractivity contribution in [3.63, 3.8) is 0 Å². The molecule has 0 aliphatic carbocycles. The third-order valence-corrected chi connectivity index (χ3v) is 5.44. The number of hydrogen-bond donors (Lipinski definition) is 1. The van der Waals surface area contributed by atoms with Gasteiger partial charge in [-0.3, -0.25) is 0 Å². The lowest BCUT2D eigenvalue weighted by Gasteiger charge is -2.14. The first-order chi connectivity index (χ1) is 16.0. The second-order valence-corrected chi connectivity index (χ2v) is 7.96. The Balaban J connectivity index is 1.54. The van der Waals surface area contributed by atoms with Crippen LogP contribution in [0.2, 0.25) is 0 Å². The molecule has 6 nitrogen and oxygen atoms in total. The third-order valence-electron chi connectivity index (χ3n) is 5.44. The van der Waals surface area contributed by atoms with Crippen molar-refractivity contribution in [1.82, 2.24) is 25.1 Å². The zero-order valence-corrected chi connectivity index (χ0v) is 19.0. The number of pyridine rings is 1. The van der Waals surface area contributed by atoms with Crippen LogP contribution in [0.3, 0.4) is 0 Å². The molecule has 33 heavy (non-hydrogen) atoms. The lowest BCUT2D eigenvalue weighted by molar-refractivity contribution is 0.321. The van der Waals surface area contributed by atoms with Crippen molar-refractivity contribution in [1.29, 1.82) is 0 Å². The van der Waals surface area contributed by atoms with Gasteiger partial charge in [0.05, 0.1) is 17.8 Å². The Hall–Kier alpha value is -3.74. The number of hydrogen-bond acceptors (Lipinski definition) is 5. The fourth-order valence-electron chi connectivity index (χ4n) is 3.61. The van der Waals surface area contributed by atoms with Crippen molar-refractivity contribution in [2.75, 3.05) is 13.2 Å². The van der Waals surface area contributed by atoms with E-state index >= 15 is 0 Å². The number of nitrogens with zero attached hydrogens (tertiary/aromatic N) is 4. The van der Waals surface area contributed by atoms with Crippen LogP contribution in [0.5, 0.6) is 5.75 Å². The third kappa shape index (κ3) is 5.37. The molecule has 2 aromatic carbocycles. The molecule has 0 saturated carbocycles. The molecular formula is C26H28FN5O. The average molecular weight is 446 g/mol. The number of ether oxygens (including phenoxy) is 1. The first kappa shape index (κ1) is 22.5. The van der Waals surface area contributed by atoms with Gasteiger partial charge in [-0.2, -0.15) is 0 Å². The SMILES string of the molecule is C=C(NCCCc1nncn1C)c1ccc2c(OCCC)cc(-c3ccc(F)cc3)nc2c1. The Morgan fingerprint density at radius 2 is 1.97 bits per heavy atom. The molecule has 0 saturated heterocycles. The molecule has 2 heterocycles. The minimum absolute atomic E-state index is 0.272. The van der Waals surface area contributed by atoms with Gasteiger partial charge in [-0.1, -0.05) is 19.6 Å². The molecule has 170 valence electrons. The maximum atomic E-state index is 13.4. The van der Waals surface area contributed by atoms with Gasteiger partial charge in [-0.25, -0.2) is 9.37 Å². The van der Waals surface area contributed by atoms with Gasteiger partial charge in [0.1, 0.15) is 23.7 Å². The molecule has 1 N–H and O–H groups in total. The number of aryl methyl sites for hydroxylation is 2. The molecule has 4 rings (SSSR count). The van der Waals surface area contributed by atoms with Crippen LogP contribution in [-0.4, -0.2) is 32.9 Å². The van der Waals surface area contributed by atoms with Gasteiger partial charge in [0.2, 0.25) is 0 Å². The first-order valence-electron chi connectivity index (χ1n) is 11.1. The fraction of sp³-hybridized carbons (Fsp3) is 0.269. The van der Waals surface area contributed by atoms with Crippen molar-refractivity contribution in [3.8, 4) is 17.0 Å². The molecule has 0 radical (unpaired) electrons. The van der Waals surface area contributed by atoms with Gasteiger partial charge in [0.15, 0.2) is 0 Å². The monoisotopic (exact) mass is 445 g/mol. The molecule has 0 bridgehead atoms. The highest BCUT2D eigenvalue weighted by atomic mass is 19.1. The molecule has 7 heteroatoms. The predicted octanol–water partition coefficient (Wildman–Crippen LogP) is 5.15. The quantitative estimate of drug-likeness (QED) is 0.342. The Morgan fingerprint density at radius 3 is 2.70 bits per heavy atom. The van der Waals surface area contributed by atoms with Gasteiger partial charge >= 0.3 is 0 Å². The molecule has 0 spiro atoms. The average Bonchev–Trinajstić information content (AvgIpc) is 3.24. The summed E-state index contributed by atoms with van der Waals surface area (Å²) in [6.45, 7) is 7.66. The minimum atomic E-state index is -0.272. The highest BCUT2D eigenvalue weighted by Gasteiger charge is 2.11. The van der Waals surface area contributed by atoms with Gasteiger partial charge in [0.25, 0.3) is 0 Å². The molecule has 4 aromatic rings. The second-order valence-electron chi connectivity index (χ2n) is 7.96. The van der Waals surface area contributed by atoms with E-state index in [1.165, 1.54) is 12.1 Å². The van der Waals surface area contributed by atoms with E-state index in [1.807, 2.05) is 35.9 Å². The van der Waals surface area contributed by atoms with Crippen molar-refractivity contribution in [2.45, 2.75) is 26.2 Å². The van der Waals surface area contributed by atoms with Gasteiger partial charge < -0.3 is 14.6 Å². The van der Waals surface area contributed by atoms with Crippen molar-refractivity contribution < 1.29 is 9.13 Å². The lowest BCUT2D eigenvalue weighted by Crippen LogP contribution is -2.14. The second kappa shape index (κ2) is 10.3. The minimum Gasteiger partial charge on any atom is -0.493 e.